The second kappa shape index (κ2) is 6.67. The lowest BCUT2D eigenvalue weighted by Gasteiger charge is -2.34. The zero-order chi connectivity index (χ0) is 18.1. The molecule has 3 N–H and O–H groups in total. The van der Waals surface area contributed by atoms with Gasteiger partial charge in [0.15, 0.2) is 0 Å². The second-order valence-corrected chi connectivity index (χ2v) is 6.77. The number of aromatic hydroxyl groups is 1. The van der Waals surface area contributed by atoms with Gasteiger partial charge < -0.3 is 20.5 Å². The number of carbonyl (C=O) groups is 1. The maximum atomic E-state index is 12.7. The van der Waals surface area contributed by atoms with Crippen molar-refractivity contribution in [3.8, 4) is 17.2 Å². The lowest BCUT2D eigenvalue weighted by Crippen LogP contribution is -2.41. The molecule has 2 aromatic rings. The first-order valence-electron chi connectivity index (χ1n) is 8.51. The fourth-order valence-electron chi connectivity index (χ4n) is 3.14. The molecule has 1 fully saturated rings. The molecule has 0 unspecified atom stereocenters. The van der Waals surface area contributed by atoms with Crippen molar-refractivity contribution in [1.82, 2.24) is 4.90 Å². The summed E-state index contributed by atoms with van der Waals surface area (Å²) in [6.45, 7) is 3.85. The number of carbonyl (C=O) groups excluding carboxylic acids is 1. The Morgan fingerprint density at radius 2 is 1.84 bits per heavy atom. The van der Waals surface area contributed by atoms with Crippen LogP contribution in [0.5, 0.6) is 17.2 Å². The molecule has 1 aliphatic carbocycles. The van der Waals surface area contributed by atoms with Gasteiger partial charge in [0.25, 0.3) is 5.91 Å². The van der Waals surface area contributed by atoms with Gasteiger partial charge in [-0.25, -0.2) is 0 Å². The number of amides is 1. The molecule has 3 rings (SSSR count). The molecule has 5 heteroatoms. The maximum Gasteiger partial charge on any atom is 0.257 e. The van der Waals surface area contributed by atoms with Crippen molar-refractivity contribution in [3.05, 3.63) is 47.0 Å². The first-order chi connectivity index (χ1) is 11.9. The van der Waals surface area contributed by atoms with Crippen LogP contribution in [0.15, 0.2) is 30.3 Å². The fourth-order valence-corrected chi connectivity index (χ4v) is 3.14. The molecule has 1 saturated carbocycles. The van der Waals surface area contributed by atoms with Gasteiger partial charge in [-0.15, -0.1) is 0 Å². The van der Waals surface area contributed by atoms with Crippen LogP contribution in [0.4, 0.5) is 5.69 Å². The summed E-state index contributed by atoms with van der Waals surface area (Å²) < 4.78 is 5.98. The summed E-state index contributed by atoms with van der Waals surface area (Å²) in [4.78, 5) is 14.4. The van der Waals surface area contributed by atoms with E-state index in [0.29, 0.717) is 17.2 Å². The maximum absolute atomic E-state index is 12.7. The first-order valence-corrected chi connectivity index (χ1v) is 8.51. The van der Waals surface area contributed by atoms with Crippen LogP contribution in [0.3, 0.4) is 0 Å². The Bertz CT molecular complexity index is 790. The topological polar surface area (TPSA) is 75.8 Å². The van der Waals surface area contributed by atoms with E-state index < -0.39 is 0 Å². The van der Waals surface area contributed by atoms with Crippen LogP contribution in [-0.4, -0.2) is 29.0 Å². The highest BCUT2D eigenvalue weighted by molar-refractivity contribution is 5.97. The molecule has 25 heavy (non-hydrogen) atoms. The van der Waals surface area contributed by atoms with E-state index in [-0.39, 0.29) is 23.3 Å². The smallest absolute Gasteiger partial charge is 0.257 e. The minimum atomic E-state index is -0.182. The van der Waals surface area contributed by atoms with Gasteiger partial charge in [-0.3, -0.25) is 4.79 Å². The predicted octanol–water partition coefficient (Wildman–Crippen LogP) is 4.01. The van der Waals surface area contributed by atoms with Crippen LogP contribution in [0.2, 0.25) is 0 Å². The van der Waals surface area contributed by atoms with Crippen molar-refractivity contribution in [3.63, 3.8) is 0 Å². The molecule has 0 radical (unpaired) electrons. The summed E-state index contributed by atoms with van der Waals surface area (Å²) in [5, 5.41) is 10.1. The van der Waals surface area contributed by atoms with Crippen LogP contribution in [0, 0.1) is 13.8 Å². The van der Waals surface area contributed by atoms with Crippen molar-refractivity contribution in [2.75, 3.05) is 12.8 Å². The molecule has 2 aromatic carbocycles. The van der Waals surface area contributed by atoms with Gasteiger partial charge in [0.1, 0.15) is 17.2 Å². The van der Waals surface area contributed by atoms with Crippen molar-refractivity contribution in [1.29, 1.82) is 0 Å². The van der Waals surface area contributed by atoms with E-state index in [1.807, 2.05) is 26.0 Å². The Morgan fingerprint density at radius 1 is 1.20 bits per heavy atom. The number of anilines is 1. The summed E-state index contributed by atoms with van der Waals surface area (Å²) in [7, 11) is 1.79. The number of nitrogens with two attached hydrogens (primary N) is 1. The molecule has 1 amide bonds. The average Bonchev–Trinajstić information content (AvgIpc) is 2.50. The predicted molar refractivity (Wildman–Crippen MR) is 98.2 cm³/mol. The van der Waals surface area contributed by atoms with Crippen LogP contribution < -0.4 is 10.5 Å². The summed E-state index contributed by atoms with van der Waals surface area (Å²) in [6, 6.07) is 8.71. The summed E-state index contributed by atoms with van der Waals surface area (Å²) in [6.07, 6.45) is 3.18. The number of rotatable bonds is 4. The number of benzene rings is 2. The molecule has 0 bridgehead atoms. The number of aryl methyl sites for hydroxylation is 2. The van der Waals surface area contributed by atoms with E-state index in [1.54, 1.807) is 24.1 Å². The molecular weight excluding hydrogens is 316 g/mol. The van der Waals surface area contributed by atoms with Gasteiger partial charge in [-0.05, 0) is 74.6 Å². The number of ether oxygens (including phenoxy) is 1. The van der Waals surface area contributed by atoms with Crippen molar-refractivity contribution in [2.45, 2.75) is 39.2 Å². The zero-order valence-corrected chi connectivity index (χ0v) is 14.9. The van der Waals surface area contributed by atoms with Crippen LogP contribution in [0.25, 0.3) is 0 Å². The molecule has 0 atom stereocenters. The SMILES string of the molecule is Cc1cc(N)cc(C)c1Oc1ccc(O)c(C(=O)N(C)C2CCC2)c1. The molecule has 0 aliphatic heterocycles. The van der Waals surface area contributed by atoms with Crippen molar-refractivity contribution >= 4 is 11.6 Å². The third-order valence-electron chi connectivity index (χ3n) is 4.84. The minimum absolute atomic E-state index is 0.0331. The molecule has 5 nitrogen and oxygen atoms in total. The first kappa shape index (κ1) is 17.1. The van der Waals surface area contributed by atoms with Crippen LogP contribution in [-0.2, 0) is 0 Å². The number of phenolic OH excluding ortho intramolecular Hbond substituents is 1. The average molecular weight is 340 g/mol. The standard InChI is InChI=1S/C20H24N2O3/c1-12-9-14(21)10-13(2)19(12)25-16-7-8-18(23)17(11-16)20(24)22(3)15-5-4-6-15/h7-11,15,23H,4-6,21H2,1-3H3. The molecule has 1 aliphatic rings. The second-order valence-electron chi connectivity index (χ2n) is 6.77. The summed E-state index contributed by atoms with van der Waals surface area (Å²) >= 11 is 0. The van der Waals surface area contributed by atoms with Gasteiger partial charge >= 0.3 is 0 Å². The number of hydrogen-bond donors (Lipinski definition) is 2. The van der Waals surface area contributed by atoms with E-state index in [2.05, 4.69) is 0 Å². The Hall–Kier alpha value is -2.69. The quantitative estimate of drug-likeness (QED) is 0.825. The number of phenols is 1. The fraction of sp³-hybridized carbons (Fsp3) is 0.350. The van der Waals surface area contributed by atoms with Gasteiger partial charge in [0.05, 0.1) is 5.56 Å². The van der Waals surface area contributed by atoms with E-state index >= 15 is 0 Å². The third kappa shape index (κ3) is 3.40. The van der Waals surface area contributed by atoms with Crippen LogP contribution >= 0.6 is 0 Å². The Balaban J connectivity index is 1.88. The normalized spacial score (nSPS) is 14.0. The molecule has 0 heterocycles. The van der Waals surface area contributed by atoms with Gasteiger partial charge in [0, 0.05) is 18.8 Å². The Labute approximate surface area is 148 Å². The lowest BCUT2D eigenvalue weighted by molar-refractivity contribution is 0.0648. The largest absolute Gasteiger partial charge is 0.507 e. The Kier molecular flexibility index (Phi) is 4.57. The van der Waals surface area contributed by atoms with E-state index in [0.717, 1.165) is 30.4 Å². The van der Waals surface area contributed by atoms with Crippen LogP contribution in [0.1, 0.15) is 40.7 Å². The lowest BCUT2D eigenvalue weighted by atomic mass is 9.91. The van der Waals surface area contributed by atoms with Gasteiger partial charge in [-0.2, -0.15) is 0 Å². The highest BCUT2D eigenvalue weighted by Crippen LogP contribution is 2.34. The highest BCUT2D eigenvalue weighted by atomic mass is 16.5. The molecule has 0 aromatic heterocycles. The summed E-state index contributed by atoms with van der Waals surface area (Å²) in [5.41, 5.74) is 8.64. The molecular formula is C20H24N2O3. The summed E-state index contributed by atoms with van der Waals surface area (Å²) in [5.74, 6) is 1.01. The monoisotopic (exact) mass is 340 g/mol. The molecule has 0 saturated heterocycles. The van der Waals surface area contributed by atoms with Crippen molar-refractivity contribution < 1.29 is 14.6 Å². The van der Waals surface area contributed by atoms with E-state index in [9.17, 15) is 9.90 Å². The van der Waals surface area contributed by atoms with Gasteiger partial charge in [0.2, 0.25) is 0 Å². The highest BCUT2D eigenvalue weighted by Gasteiger charge is 2.28. The van der Waals surface area contributed by atoms with E-state index in [1.165, 1.54) is 6.07 Å². The third-order valence-corrected chi connectivity index (χ3v) is 4.84. The number of nitrogen functional groups attached to an aromatic ring is 1. The minimum Gasteiger partial charge on any atom is -0.507 e. The number of nitrogens with zero attached hydrogens (tertiary/aromatic N) is 1. The van der Waals surface area contributed by atoms with E-state index in [4.69, 9.17) is 10.5 Å². The molecule has 132 valence electrons. The van der Waals surface area contributed by atoms with Gasteiger partial charge in [-0.1, -0.05) is 0 Å². The van der Waals surface area contributed by atoms with Crippen molar-refractivity contribution in [2.24, 2.45) is 0 Å². The zero-order valence-electron chi connectivity index (χ0n) is 14.9. The number of hydrogen-bond acceptors (Lipinski definition) is 4. The molecule has 0 spiro atoms. The Morgan fingerprint density at radius 3 is 2.40 bits per heavy atom.